The van der Waals surface area contributed by atoms with Crippen molar-refractivity contribution < 1.29 is 4.79 Å². The van der Waals surface area contributed by atoms with Crippen LogP contribution >= 0.6 is 0 Å². The average Bonchev–Trinajstić information content (AvgIpc) is 2.39. The van der Waals surface area contributed by atoms with E-state index in [0.717, 1.165) is 37.2 Å². The minimum atomic E-state index is 0.213. The summed E-state index contributed by atoms with van der Waals surface area (Å²) in [6, 6.07) is 4.30. The number of rotatable bonds is 3. The summed E-state index contributed by atoms with van der Waals surface area (Å²) < 4.78 is 0. The highest BCUT2D eigenvalue weighted by molar-refractivity contribution is 5.49. The molecule has 4 heteroatoms. The lowest BCUT2D eigenvalue weighted by atomic mass is 9.97. The first-order valence-electron chi connectivity index (χ1n) is 6.06. The molecule has 0 radical (unpaired) electrons. The summed E-state index contributed by atoms with van der Waals surface area (Å²) in [5, 5.41) is 0. The zero-order valence-electron chi connectivity index (χ0n) is 10.5. The van der Waals surface area contributed by atoms with Crippen molar-refractivity contribution in [2.24, 2.45) is 0 Å². The second-order valence-electron chi connectivity index (χ2n) is 4.70. The van der Waals surface area contributed by atoms with Crippen molar-refractivity contribution in [2.75, 3.05) is 25.5 Å². The Hall–Kier alpha value is -1.58. The first kappa shape index (κ1) is 11.9. The van der Waals surface area contributed by atoms with Crippen LogP contribution in [0.3, 0.4) is 0 Å². The van der Waals surface area contributed by atoms with Gasteiger partial charge in [-0.3, -0.25) is 4.79 Å². The van der Waals surface area contributed by atoms with Crippen LogP contribution < -0.4 is 4.90 Å². The van der Waals surface area contributed by atoms with Crippen LogP contribution in [-0.4, -0.2) is 36.9 Å². The average molecular weight is 233 g/mol. The summed E-state index contributed by atoms with van der Waals surface area (Å²) in [6.45, 7) is 0.865. The molecular formula is C13H19N3O. The fourth-order valence-corrected chi connectivity index (χ4v) is 2.30. The van der Waals surface area contributed by atoms with Crippen molar-refractivity contribution in [1.29, 1.82) is 0 Å². The number of hydrogen-bond acceptors (Lipinski definition) is 3. The highest BCUT2D eigenvalue weighted by atomic mass is 16.1. The minimum absolute atomic E-state index is 0.213. The second kappa shape index (κ2) is 5.17. The third kappa shape index (κ3) is 2.57. The molecule has 0 aromatic carbocycles. The van der Waals surface area contributed by atoms with Crippen LogP contribution in [0.1, 0.15) is 30.9 Å². The molecule has 1 fully saturated rings. The minimum Gasteiger partial charge on any atom is -0.363 e. The van der Waals surface area contributed by atoms with Gasteiger partial charge < -0.3 is 9.80 Å². The molecule has 1 aromatic heterocycles. The van der Waals surface area contributed by atoms with Crippen molar-refractivity contribution in [3.8, 4) is 0 Å². The van der Waals surface area contributed by atoms with Crippen LogP contribution in [0.2, 0.25) is 0 Å². The molecule has 0 saturated carbocycles. The lowest BCUT2D eigenvalue weighted by molar-refractivity contribution is -0.121. The molecule has 0 bridgehead atoms. The van der Waals surface area contributed by atoms with E-state index >= 15 is 0 Å². The topological polar surface area (TPSA) is 36.4 Å². The van der Waals surface area contributed by atoms with Gasteiger partial charge >= 0.3 is 0 Å². The van der Waals surface area contributed by atoms with Crippen LogP contribution in [-0.2, 0) is 4.79 Å². The third-order valence-corrected chi connectivity index (χ3v) is 3.29. The Bertz CT molecular complexity index is 375. The molecule has 0 unspecified atom stereocenters. The maximum Gasteiger partial charge on any atom is 0.210 e. The number of aromatic nitrogens is 1. The number of nitrogens with zero attached hydrogens (tertiary/aromatic N) is 3. The zero-order valence-corrected chi connectivity index (χ0v) is 10.5. The number of carbonyl (C=O) groups excluding carboxylic acids is 1. The Morgan fingerprint density at radius 1 is 1.41 bits per heavy atom. The van der Waals surface area contributed by atoms with Gasteiger partial charge in [-0.2, -0.15) is 0 Å². The van der Waals surface area contributed by atoms with Crippen LogP contribution in [0.5, 0.6) is 0 Å². The van der Waals surface area contributed by atoms with Gasteiger partial charge in [0.25, 0.3) is 0 Å². The molecule has 0 spiro atoms. The number of amides is 1. The normalized spacial score (nSPS) is 20.1. The molecule has 1 aliphatic rings. The van der Waals surface area contributed by atoms with Gasteiger partial charge in [0.1, 0.15) is 5.82 Å². The Balaban J connectivity index is 2.17. The van der Waals surface area contributed by atoms with E-state index in [0.29, 0.717) is 0 Å². The molecule has 2 heterocycles. The van der Waals surface area contributed by atoms with E-state index < -0.39 is 0 Å². The highest BCUT2D eigenvalue weighted by Gasteiger charge is 2.22. The Labute approximate surface area is 102 Å². The van der Waals surface area contributed by atoms with Gasteiger partial charge in [-0.1, -0.05) is 6.07 Å². The molecule has 2 rings (SSSR count). The maximum atomic E-state index is 11.0. The summed E-state index contributed by atoms with van der Waals surface area (Å²) in [7, 11) is 3.95. The summed E-state index contributed by atoms with van der Waals surface area (Å²) in [5.74, 6) is 0.946. The maximum absolute atomic E-state index is 11.0. The van der Waals surface area contributed by atoms with Crippen molar-refractivity contribution >= 4 is 12.2 Å². The fraction of sp³-hybridized carbons (Fsp3) is 0.538. The van der Waals surface area contributed by atoms with E-state index in [1.165, 1.54) is 6.42 Å². The first-order valence-corrected chi connectivity index (χ1v) is 6.06. The number of piperidine rings is 1. The van der Waals surface area contributed by atoms with Gasteiger partial charge in [0, 0.05) is 26.8 Å². The van der Waals surface area contributed by atoms with E-state index in [1.54, 1.807) is 0 Å². The number of carbonyl (C=O) groups is 1. The molecule has 92 valence electrons. The Morgan fingerprint density at radius 2 is 2.24 bits per heavy atom. The van der Waals surface area contributed by atoms with Gasteiger partial charge in [0.05, 0.1) is 6.04 Å². The summed E-state index contributed by atoms with van der Waals surface area (Å²) >= 11 is 0. The lowest BCUT2D eigenvalue weighted by Gasteiger charge is -2.32. The van der Waals surface area contributed by atoms with Crippen LogP contribution in [0, 0.1) is 0 Å². The van der Waals surface area contributed by atoms with E-state index in [9.17, 15) is 4.79 Å². The predicted octanol–water partition coefficient (Wildman–Crippen LogP) is 1.83. The van der Waals surface area contributed by atoms with E-state index in [2.05, 4.69) is 11.1 Å². The third-order valence-electron chi connectivity index (χ3n) is 3.29. The number of hydrogen-bond donors (Lipinski definition) is 0. The molecule has 17 heavy (non-hydrogen) atoms. The van der Waals surface area contributed by atoms with E-state index in [1.807, 2.05) is 36.2 Å². The summed E-state index contributed by atoms with van der Waals surface area (Å²) in [6.07, 6.45) is 6.19. The predicted molar refractivity (Wildman–Crippen MR) is 67.9 cm³/mol. The lowest BCUT2D eigenvalue weighted by Crippen LogP contribution is -2.32. The van der Waals surface area contributed by atoms with Crippen LogP contribution in [0.25, 0.3) is 0 Å². The standard InChI is InChI=1S/C13H19N3O/c1-15(2)13-7-6-11(9-14-13)12-5-3-4-8-16(12)10-17/h6-7,9-10,12H,3-5,8H2,1-2H3/t12-/m1/s1. The monoisotopic (exact) mass is 233 g/mol. The molecule has 1 aliphatic heterocycles. The number of likely N-dealkylation sites (tertiary alicyclic amines) is 1. The molecule has 1 saturated heterocycles. The van der Waals surface area contributed by atoms with Gasteiger partial charge in [-0.15, -0.1) is 0 Å². The van der Waals surface area contributed by atoms with Crippen LogP contribution in [0.15, 0.2) is 18.3 Å². The highest BCUT2D eigenvalue weighted by Crippen LogP contribution is 2.29. The van der Waals surface area contributed by atoms with Crippen LogP contribution in [0.4, 0.5) is 5.82 Å². The van der Waals surface area contributed by atoms with Crippen molar-refractivity contribution in [1.82, 2.24) is 9.88 Å². The van der Waals surface area contributed by atoms with E-state index in [4.69, 9.17) is 0 Å². The van der Waals surface area contributed by atoms with E-state index in [-0.39, 0.29) is 6.04 Å². The van der Waals surface area contributed by atoms with Crippen molar-refractivity contribution in [3.63, 3.8) is 0 Å². The Kier molecular flexibility index (Phi) is 3.61. The quantitative estimate of drug-likeness (QED) is 0.747. The van der Waals surface area contributed by atoms with Gasteiger partial charge in [-0.25, -0.2) is 4.98 Å². The smallest absolute Gasteiger partial charge is 0.210 e. The molecule has 0 aliphatic carbocycles. The molecule has 4 nitrogen and oxygen atoms in total. The first-order chi connectivity index (χ1) is 8.22. The molecular weight excluding hydrogens is 214 g/mol. The van der Waals surface area contributed by atoms with Crippen molar-refractivity contribution in [3.05, 3.63) is 23.9 Å². The summed E-state index contributed by atoms with van der Waals surface area (Å²) in [4.78, 5) is 19.3. The number of anilines is 1. The summed E-state index contributed by atoms with van der Waals surface area (Å²) in [5.41, 5.74) is 1.14. The SMILES string of the molecule is CN(C)c1ccc([C@H]2CCCCN2C=O)cn1. The zero-order chi connectivity index (χ0) is 12.3. The molecule has 0 N–H and O–H groups in total. The van der Waals surface area contributed by atoms with Crippen molar-refractivity contribution in [2.45, 2.75) is 25.3 Å². The van der Waals surface area contributed by atoms with Gasteiger partial charge in [0.15, 0.2) is 0 Å². The molecule has 1 aromatic rings. The van der Waals surface area contributed by atoms with Gasteiger partial charge in [-0.05, 0) is 30.9 Å². The Morgan fingerprint density at radius 3 is 2.82 bits per heavy atom. The van der Waals surface area contributed by atoms with Gasteiger partial charge in [0.2, 0.25) is 6.41 Å². The molecule has 1 amide bonds. The second-order valence-corrected chi connectivity index (χ2v) is 4.70. The largest absolute Gasteiger partial charge is 0.363 e. The fourth-order valence-electron chi connectivity index (χ4n) is 2.30. The molecule has 1 atom stereocenters. The number of pyridine rings is 1.